The molecule has 0 spiro atoms. The van der Waals surface area contributed by atoms with Gasteiger partial charge in [-0.15, -0.1) is 23.2 Å². The highest BCUT2D eigenvalue weighted by Gasteiger charge is 2.51. The Labute approximate surface area is 266 Å². The first-order chi connectivity index (χ1) is 20.5. The molecule has 0 atom stereocenters. The van der Waals surface area contributed by atoms with E-state index in [9.17, 15) is 4.79 Å². The van der Waals surface area contributed by atoms with Gasteiger partial charge in [0.05, 0.1) is 28.8 Å². The standard InChI is InChI=1S/C32H45BCl2N4O4/c1-31(2)32(3,4)43-33(42-31)25-14-12-24(13-15-25)23-41-37-30(40)11-9-7-6-8-10-29-36-27-22-26(16-17-28(27)38(29)5)39(20-18-34)21-19-35/h12-17,22H,6-11,18-21,23H2,1-5H3,(H,37,40). The molecule has 1 amide bonds. The number of aromatic nitrogens is 2. The average molecular weight is 631 g/mol. The van der Waals surface area contributed by atoms with Gasteiger partial charge in [0, 0.05) is 50.4 Å². The van der Waals surface area contributed by atoms with Gasteiger partial charge in [0.2, 0.25) is 5.91 Å². The van der Waals surface area contributed by atoms with Crippen molar-refractivity contribution in [1.82, 2.24) is 15.0 Å². The molecular formula is C32H45BCl2N4O4. The largest absolute Gasteiger partial charge is 0.494 e. The van der Waals surface area contributed by atoms with Crippen molar-refractivity contribution in [3.63, 3.8) is 0 Å². The van der Waals surface area contributed by atoms with Crippen LogP contribution in [0.3, 0.4) is 0 Å². The van der Waals surface area contributed by atoms with Gasteiger partial charge in [-0.3, -0.25) is 9.63 Å². The van der Waals surface area contributed by atoms with Crippen molar-refractivity contribution >= 4 is 58.4 Å². The maximum absolute atomic E-state index is 12.2. The van der Waals surface area contributed by atoms with Crippen LogP contribution in [-0.4, -0.2) is 58.6 Å². The lowest BCUT2D eigenvalue weighted by Gasteiger charge is -2.32. The molecule has 1 N–H and O–H groups in total. The van der Waals surface area contributed by atoms with Gasteiger partial charge in [-0.2, -0.15) is 0 Å². The number of benzene rings is 2. The minimum atomic E-state index is -0.393. The maximum atomic E-state index is 12.2. The molecule has 3 aromatic rings. The third kappa shape index (κ3) is 8.67. The molecule has 0 unspecified atom stereocenters. The fraction of sp³-hybridized carbons (Fsp3) is 0.562. The molecule has 43 heavy (non-hydrogen) atoms. The Balaban J connectivity index is 1.12. The minimum Gasteiger partial charge on any atom is -0.399 e. The van der Waals surface area contributed by atoms with Gasteiger partial charge in [-0.05, 0) is 69.8 Å². The number of rotatable bonds is 16. The summed E-state index contributed by atoms with van der Waals surface area (Å²) in [5.74, 6) is 2.08. The summed E-state index contributed by atoms with van der Waals surface area (Å²) < 4.78 is 14.4. The first kappa shape index (κ1) is 33.6. The van der Waals surface area contributed by atoms with Crippen molar-refractivity contribution < 1.29 is 18.9 Å². The number of carbonyl (C=O) groups excluding carboxylic acids is 1. The predicted molar refractivity (Wildman–Crippen MR) is 176 cm³/mol. The smallest absolute Gasteiger partial charge is 0.399 e. The molecule has 2 aromatic carbocycles. The van der Waals surface area contributed by atoms with E-state index in [-0.39, 0.29) is 17.1 Å². The molecule has 0 aliphatic carbocycles. The van der Waals surface area contributed by atoms with Gasteiger partial charge >= 0.3 is 7.12 Å². The topological polar surface area (TPSA) is 77.9 Å². The fourth-order valence-electron chi connectivity index (χ4n) is 5.16. The molecule has 0 bridgehead atoms. The zero-order valence-electron chi connectivity index (χ0n) is 26.1. The average Bonchev–Trinajstić information content (AvgIpc) is 3.40. The van der Waals surface area contributed by atoms with Crippen LogP contribution in [0, 0.1) is 0 Å². The van der Waals surface area contributed by atoms with Crippen molar-refractivity contribution in [1.29, 1.82) is 0 Å². The van der Waals surface area contributed by atoms with Gasteiger partial charge in [0.15, 0.2) is 0 Å². The highest BCUT2D eigenvalue weighted by molar-refractivity contribution is 6.62. The molecule has 2 heterocycles. The summed E-state index contributed by atoms with van der Waals surface area (Å²) in [6.07, 6.45) is 5.20. The van der Waals surface area contributed by atoms with Crippen LogP contribution in [0.4, 0.5) is 5.69 Å². The van der Waals surface area contributed by atoms with E-state index in [1.165, 1.54) is 0 Å². The van der Waals surface area contributed by atoms with E-state index in [4.69, 9.17) is 42.3 Å². The van der Waals surface area contributed by atoms with Crippen molar-refractivity contribution in [2.75, 3.05) is 29.7 Å². The van der Waals surface area contributed by atoms with E-state index in [1.54, 1.807) is 0 Å². The zero-order valence-corrected chi connectivity index (χ0v) is 27.6. The van der Waals surface area contributed by atoms with Crippen LogP contribution >= 0.6 is 23.2 Å². The summed E-state index contributed by atoms with van der Waals surface area (Å²) in [5, 5.41) is 0. The quantitative estimate of drug-likeness (QED) is 0.0919. The lowest BCUT2D eigenvalue weighted by Crippen LogP contribution is -2.41. The second-order valence-corrected chi connectivity index (χ2v) is 12.9. The van der Waals surface area contributed by atoms with E-state index in [0.29, 0.717) is 24.8 Å². The fourth-order valence-corrected chi connectivity index (χ4v) is 5.56. The third-order valence-corrected chi connectivity index (χ3v) is 8.85. The molecule has 1 aromatic heterocycles. The van der Waals surface area contributed by atoms with E-state index in [1.807, 2.05) is 52.0 Å². The number of anilines is 1. The molecule has 1 aliphatic heterocycles. The second kappa shape index (κ2) is 15.1. The number of hydrogen-bond donors (Lipinski definition) is 1. The van der Waals surface area contributed by atoms with Crippen LogP contribution in [-0.2, 0) is 39.0 Å². The van der Waals surface area contributed by atoms with Gasteiger partial charge in [0.25, 0.3) is 0 Å². The number of hydrogen-bond acceptors (Lipinski definition) is 6. The Kier molecular flexibility index (Phi) is 11.8. The van der Waals surface area contributed by atoms with Crippen LogP contribution in [0.1, 0.15) is 71.2 Å². The van der Waals surface area contributed by atoms with Crippen LogP contribution in [0.15, 0.2) is 42.5 Å². The summed E-state index contributed by atoms with van der Waals surface area (Å²) in [6.45, 7) is 9.97. The number of nitrogens with one attached hydrogen (secondary N) is 1. The van der Waals surface area contributed by atoms with E-state index >= 15 is 0 Å². The number of amides is 1. The van der Waals surface area contributed by atoms with E-state index < -0.39 is 7.12 Å². The first-order valence-electron chi connectivity index (χ1n) is 15.2. The molecular weight excluding hydrogens is 586 g/mol. The number of aryl methyl sites for hydroxylation is 2. The van der Waals surface area contributed by atoms with Crippen molar-refractivity contribution in [2.45, 2.75) is 84.0 Å². The lowest BCUT2D eigenvalue weighted by atomic mass is 9.79. The van der Waals surface area contributed by atoms with Crippen LogP contribution in [0.2, 0.25) is 0 Å². The van der Waals surface area contributed by atoms with E-state index in [2.05, 4.69) is 40.2 Å². The number of nitrogens with zero attached hydrogens (tertiary/aromatic N) is 3. The first-order valence-corrected chi connectivity index (χ1v) is 16.3. The third-order valence-electron chi connectivity index (χ3n) is 8.52. The maximum Gasteiger partial charge on any atom is 0.494 e. The monoisotopic (exact) mass is 630 g/mol. The van der Waals surface area contributed by atoms with Gasteiger partial charge < -0.3 is 18.8 Å². The molecule has 8 nitrogen and oxygen atoms in total. The Morgan fingerprint density at radius 3 is 2.28 bits per heavy atom. The van der Waals surface area contributed by atoms with Crippen LogP contribution in [0.25, 0.3) is 11.0 Å². The Hall–Kier alpha value is -2.30. The summed E-state index contributed by atoms with van der Waals surface area (Å²) in [5.41, 5.74) is 6.94. The normalized spacial score (nSPS) is 15.7. The zero-order chi connectivity index (χ0) is 31.0. The summed E-state index contributed by atoms with van der Waals surface area (Å²) in [7, 11) is 1.67. The van der Waals surface area contributed by atoms with Crippen molar-refractivity contribution in [2.24, 2.45) is 7.05 Å². The highest BCUT2D eigenvalue weighted by atomic mass is 35.5. The minimum absolute atomic E-state index is 0.0997. The molecule has 1 fully saturated rings. The Morgan fingerprint density at radius 1 is 0.977 bits per heavy atom. The Morgan fingerprint density at radius 2 is 1.63 bits per heavy atom. The lowest BCUT2D eigenvalue weighted by molar-refractivity contribution is -0.134. The number of unbranched alkanes of at least 4 members (excludes halogenated alkanes) is 3. The van der Waals surface area contributed by atoms with Crippen molar-refractivity contribution in [3.8, 4) is 0 Å². The molecule has 1 aliphatic rings. The summed E-state index contributed by atoms with van der Waals surface area (Å²) >= 11 is 12.0. The van der Waals surface area contributed by atoms with Gasteiger partial charge in [0.1, 0.15) is 5.82 Å². The second-order valence-electron chi connectivity index (χ2n) is 12.2. The SMILES string of the molecule is Cn1c(CCCCCCC(=O)NOCc2ccc(B3OC(C)(C)C(C)(C)O3)cc2)nc2cc(N(CCCl)CCCl)ccc21. The molecule has 0 saturated carbocycles. The molecule has 234 valence electrons. The van der Waals surface area contributed by atoms with Crippen LogP contribution in [0.5, 0.6) is 0 Å². The van der Waals surface area contributed by atoms with Gasteiger partial charge in [-0.1, -0.05) is 37.1 Å². The number of fused-ring (bicyclic) bond motifs is 1. The van der Waals surface area contributed by atoms with Crippen molar-refractivity contribution in [3.05, 3.63) is 53.9 Å². The molecule has 0 radical (unpaired) electrons. The number of carbonyl (C=O) groups is 1. The number of imidazole rings is 1. The highest BCUT2D eigenvalue weighted by Crippen LogP contribution is 2.36. The van der Waals surface area contributed by atoms with Crippen LogP contribution < -0.4 is 15.8 Å². The molecule has 11 heteroatoms. The van der Waals surface area contributed by atoms with E-state index in [0.717, 1.165) is 78.8 Å². The number of halogens is 2. The number of hydroxylamine groups is 1. The Bertz CT molecular complexity index is 1330. The molecule has 4 rings (SSSR count). The van der Waals surface area contributed by atoms with Gasteiger partial charge in [-0.25, -0.2) is 10.5 Å². The predicted octanol–water partition coefficient (Wildman–Crippen LogP) is 5.90. The summed E-state index contributed by atoms with van der Waals surface area (Å²) in [4.78, 5) is 24.8. The summed E-state index contributed by atoms with van der Waals surface area (Å²) in [6, 6.07) is 14.2. The number of alkyl halides is 2. The molecule has 1 saturated heterocycles.